The Morgan fingerprint density at radius 3 is 2.65 bits per heavy atom. The summed E-state index contributed by atoms with van der Waals surface area (Å²) in [5.41, 5.74) is 1.37. The maximum atomic E-state index is 12.8. The molecule has 2 heterocycles. The fourth-order valence-electron chi connectivity index (χ4n) is 2.89. The molecule has 23 heavy (non-hydrogen) atoms. The quantitative estimate of drug-likeness (QED) is 0.926. The van der Waals surface area contributed by atoms with Gasteiger partial charge in [0, 0.05) is 30.9 Å². The monoisotopic (exact) mass is 333 g/mol. The van der Waals surface area contributed by atoms with Crippen molar-refractivity contribution in [3.05, 3.63) is 58.3 Å². The van der Waals surface area contributed by atoms with Gasteiger partial charge in [0.05, 0.1) is 4.90 Å². The first-order valence-electron chi connectivity index (χ1n) is 7.59. The molecule has 0 bridgehead atoms. The summed E-state index contributed by atoms with van der Waals surface area (Å²) in [7, 11) is -3.50. The molecule has 1 aliphatic rings. The summed E-state index contributed by atoms with van der Waals surface area (Å²) < 4.78 is 27.1. The fourth-order valence-corrected chi connectivity index (χ4v) is 4.42. The van der Waals surface area contributed by atoms with E-state index in [0.717, 1.165) is 24.1 Å². The van der Waals surface area contributed by atoms with E-state index in [1.54, 1.807) is 30.3 Å². The average Bonchev–Trinajstić information content (AvgIpc) is 2.55. The van der Waals surface area contributed by atoms with Crippen LogP contribution in [0.2, 0.25) is 0 Å². The standard InChI is InChI=1S/C16H19N3O3S/c1-12-4-6-14(7-5-12)23(21,22)19-10-2-3-13(11-19)15-8-9-17-16(20)18-15/h4-9,13H,2-3,10-11H2,1H3,(H,17,18,20). The Morgan fingerprint density at radius 2 is 1.96 bits per heavy atom. The molecule has 1 aromatic heterocycles. The van der Waals surface area contributed by atoms with Gasteiger partial charge in [0.2, 0.25) is 10.0 Å². The highest BCUT2D eigenvalue weighted by Crippen LogP contribution is 2.28. The summed E-state index contributed by atoms with van der Waals surface area (Å²) in [5, 5.41) is 0. The number of piperidine rings is 1. The van der Waals surface area contributed by atoms with E-state index in [0.29, 0.717) is 18.0 Å². The highest BCUT2D eigenvalue weighted by atomic mass is 32.2. The molecule has 1 unspecified atom stereocenters. The number of aryl methyl sites for hydroxylation is 1. The number of rotatable bonds is 3. The van der Waals surface area contributed by atoms with Crippen LogP contribution in [0.15, 0.2) is 46.2 Å². The molecule has 1 aliphatic heterocycles. The van der Waals surface area contributed by atoms with Crippen LogP contribution in [0, 0.1) is 6.92 Å². The summed E-state index contributed by atoms with van der Waals surface area (Å²) in [6, 6.07) is 8.63. The lowest BCUT2D eigenvalue weighted by Gasteiger charge is -2.31. The summed E-state index contributed by atoms with van der Waals surface area (Å²) in [6.07, 6.45) is 3.07. The third-order valence-corrected chi connectivity index (χ3v) is 6.06. The van der Waals surface area contributed by atoms with E-state index < -0.39 is 15.7 Å². The number of sulfonamides is 1. The molecule has 0 amide bonds. The molecule has 7 heteroatoms. The number of hydrogen-bond donors (Lipinski definition) is 1. The van der Waals surface area contributed by atoms with Gasteiger partial charge in [-0.3, -0.25) is 0 Å². The van der Waals surface area contributed by atoms with Gasteiger partial charge in [0.25, 0.3) is 0 Å². The zero-order valence-corrected chi connectivity index (χ0v) is 13.7. The maximum absolute atomic E-state index is 12.8. The minimum Gasteiger partial charge on any atom is -0.309 e. The summed E-state index contributed by atoms with van der Waals surface area (Å²) in [6.45, 7) is 2.80. The molecule has 1 aromatic carbocycles. The van der Waals surface area contributed by atoms with Crippen LogP contribution >= 0.6 is 0 Å². The van der Waals surface area contributed by atoms with Crippen LogP contribution in [0.1, 0.15) is 30.0 Å². The van der Waals surface area contributed by atoms with Crippen LogP contribution in [0.3, 0.4) is 0 Å². The van der Waals surface area contributed by atoms with Gasteiger partial charge in [-0.15, -0.1) is 0 Å². The first kappa shape index (κ1) is 15.9. The van der Waals surface area contributed by atoms with Crippen molar-refractivity contribution in [1.29, 1.82) is 0 Å². The Hall–Kier alpha value is -1.99. The summed E-state index contributed by atoms with van der Waals surface area (Å²) in [5.74, 6) is -0.0142. The Morgan fingerprint density at radius 1 is 1.22 bits per heavy atom. The Labute approximate surface area is 135 Å². The number of aromatic amines is 1. The van der Waals surface area contributed by atoms with Crippen LogP contribution in [0.5, 0.6) is 0 Å². The van der Waals surface area contributed by atoms with E-state index in [9.17, 15) is 13.2 Å². The normalized spacial score (nSPS) is 19.6. The predicted molar refractivity (Wildman–Crippen MR) is 86.8 cm³/mol. The molecule has 6 nitrogen and oxygen atoms in total. The molecule has 0 aliphatic carbocycles. The number of benzene rings is 1. The molecular formula is C16H19N3O3S. The third kappa shape index (κ3) is 3.35. The van der Waals surface area contributed by atoms with Gasteiger partial charge in [0.1, 0.15) is 0 Å². The molecule has 1 N–H and O–H groups in total. The average molecular weight is 333 g/mol. The first-order valence-corrected chi connectivity index (χ1v) is 9.03. The van der Waals surface area contributed by atoms with Crippen molar-refractivity contribution in [2.45, 2.75) is 30.6 Å². The van der Waals surface area contributed by atoms with Gasteiger partial charge < -0.3 is 4.98 Å². The third-order valence-electron chi connectivity index (χ3n) is 4.18. The summed E-state index contributed by atoms with van der Waals surface area (Å²) >= 11 is 0. The minimum absolute atomic E-state index is 0.0142. The molecule has 0 radical (unpaired) electrons. The predicted octanol–water partition coefficient (Wildman–Crippen LogP) is 1.65. The van der Waals surface area contributed by atoms with Crippen molar-refractivity contribution in [2.75, 3.05) is 13.1 Å². The Balaban J connectivity index is 1.85. The lowest BCUT2D eigenvalue weighted by molar-refractivity contribution is 0.312. The topological polar surface area (TPSA) is 83.1 Å². The SMILES string of the molecule is Cc1ccc(S(=O)(=O)N2CCCC(c3ccnc(=O)[nH]3)C2)cc1. The van der Waals surface area contributed by atoms with Crippen molar-refractivity contribution < 1.29 is 8.42 Å². The van der Waals surface area contributed by atoms with E-state index in [1.807, 2.05) is 6.92 Å². The minimum atomic E-state index is -3.50. The van der Waals surface area contributed by atoms with Crippen LogP contribution < -0.4 is 5.69 Å². The van der Waals surface area contributed by atoms with Crippen LogP contribution in [-0.2, 0) is 10.0 Å². The highest BCUT2D eigenvalue weighted by Gasteiger charge is 2.31. The lowest BCUT2D eigenvalue weighted by Crippen LogP contribution is -2.39. The van der Waals surface area contributed by atoms with Gasteiger partial charge >= 0.3 is 5.69 Å². The number of nitrogens with zero attached hydrogens (tertiary/aromatic N) is 2. The van der Waals surface area contributed by atoms with Gasteiger partial charge in [0.15, 0.2) is 0 Å². The van der Waals surface area contributed by atoms with E-state index in [-0.39, 0.29) is 5.92 Å². The maximum Gasteiger partial charge on any atom is 0.345 e. The zero-order chi connectivity index (χ0) is 16.4. The molecule has 1 saturated heterocycles. The molecule has 122 valence electrons. The molecule has 1 atom stereocenters. The molecule has 2 aromatic rings. The zero-order valence-electron chi connectivity index (χ0n) is 12.9. The van der Waals surface area contributed by atoms with Gasteiger partial charge in [-0.25, -0.2) is 18.2 Å². The van der Waals surface area contributed by atoms with E-state index in [1.165, 1.54) is 10.5 Å². The van der Waals surface area contributed by atoms with Gasteiger partial charge in [-0.1, -0.05) is 17.7 Å². The largest absolute Gasteiger partial charge is 0.345 e. The van der Waals surface area contributed by atoms with E-state index >= 15 is 0 Å². The molecule has 3 rings (SSSR count). The van der Waals surface area contributed by atoms with Gasteiger partial charge in [-0.05, 0) is 38.0 Å². The first-order chi connectivity index (χ1) is 11.0. The Bertz CT molecular complexity index is 843. The van der Waals surface area contributed by atoms with E-state index in [4.69, 9.17) is 0 Å². The second-order valence-corrected chi connectivity index (χ2v) is 7.78. The summed E-state index contributed by atoms with van der Waals surface area (Å²) in [4.78, 5) is 18.0. The van der Waals surface area contributed by atoms with E-state index in [2.05, 4.69) is 9.97 Å². The van der Waals surface area contributed by atoms with Gasteiger partial charge in [-0.2, -0.15) is 4.31 Å². The fraction of sp³-hybridized carbons (Fsp3) is 0.375. The van der Waals surface area contributed by atoms with Crippen LogP contribution in [0.4, 0.5) is 0 Å². The van der Waals surface area contributed by atoms with Crippen LogP contribution in [0.25, 0.3) is 0 Å². The molecule has 0 saturated carbocycles. The van der Waals surface area contributed by atoms with Crippen molar-refractivity contribution in [3.8, 4) is 0 Å². The second-order valence-electron chi connectivity index (χ2n) is 5.85. The van der Waals surface area contributed by atoms with Crippen molar-refractivity contribution in [2.24, 2.45) is 0 Å². The smallest absolute Gasteiger partial charge is 0.309 e. The lowest BCUT2D eigenvalue weighted by atomic mass is 9.96. The number of H-pyrrole nitrogens is 1. The second kappa shape index (κ2) is 6.25. The molecule has 0 spiro atoms. The molecule has 1 fully saturated rings. The van der Waals surface area contributed by atoms with Crippen molar-refractivity contribution >= 4 is 10.0 Å². The number of hydrogen-bond acceptors (Lipinski definition) is 4. The van der Waals surface area contributed by atoms with Crippen molar-refractivity contribution in [3.63, 3.8) is 0 Å². The highest BCUT2D eigenvalue weighted by molar-refractivity contribution is 7.89. The van der Waals surface area contributed by atoms with Crippen molar-refractivity contribution in [1.82, 2.24) is 14.3 Å². The number of aromatic nitrogens is 2. The Kier molecular flexibility index (Phi) is 4.32. The number of nitrogens with one attached hydrogen (secondary N) is 1. The van der Waals surface area contributed by atoms with Crippen LogP contribution in [-0.4, -0.2) is 35.8 Å². The molecular weight excluding hydrogens is 314 g/mol.